The lowest BCUT2D eigenvalue weighted by Gasteiger charge is -2.40. The van der Waals surface area contributed by atoms with Gasteiger partial charge >= 0.3 is 0 Å². The van der Waals surface area contributed by atoms with E-state index in [2.05, 4.69) is 13.8 Å². The van der Waals surface area contributed by atoms with Gasteiger partial charge in [-0.3, -0.25) is 0 Å². The second-order valence-corrected chi connectivity index (χ2v) is 6.14. The fourth-order valence-corrected chi connectivity index (χ4v) is 2.49. The van der Waals surface area contributed by atoms with Crippen LogP contribution in [0.15, 0.2) is 24.3 Å². The Balaban J connectivity index is 2.06. The molecule has 1 aliphatic heterocycles. The summed E-state index contributed by atoms with van der Waals surface area (Å²) in [4.78, 5) is 0. The highest BCUT2D eigenvalue weighted by atomic mass is 16.5. The van der Waals surface area contributed by atoms with Crippen LogP contribution in [0.4, 0.5) is 0 Å². The highest BCUT2D eigenvalue weighted by Gasteiger charge is 2.43. The molecule has 6 unspecified atom stereocenters. The van der Waals surface area contributed by atoms with E-state index in [0.717, 1.165) is 12.2 Å². The Kier molecular flexibility index (Phi) is 6.38. The fraction of sp³-hybridized carbons (Fsp3) is 0.647. The average molecular weight is 326 g/mol. The van der Waals surface area contributed by atoms with E-state index in [4.69, 9.17) is 9.47 Å². The summed E-state index contributed by atoms with van der Waals surface area (Å²) in [5, 5.41) is 39.0. The van der Waals surface area contributed by atoms with Gasteiger partial charge in [0.05, 0.1) is 13.2 Å². The minimum atomic E-state index is -1.37. The number of aliphatic hydroxyl groups excluding tert-OH is 4. The summed E-state index contributed by atoms with van der Waals surface area (Å²) in [7, 11) is 0. The van der Waals surface area contributed by atoms with E-state index in [1.807, 2.05) is 0 Å². The maximum Gasteiger partial charge on any atom is 0.119 e. The van der Waals surface area contributed by atoms with Crippen molar-refractivity contribution in [2.45, 2.75) is 50.8 Å². The monoisotopic (exact) mass is 326 g/mol. The second kappa shape index (κ2) is 8.08. The van der Waals surface area contributed by atoms with Crippen molar-refractivity contribution in [2.24, 2.45) is 5.92 Å². The van der Waals surface area contributed by atoms with Gasteiger partial charge < -0.3 is 29.9 Å². The maximum absolute atomic E-state index is 10.1. The van der Waals surface area contributed by atoms with Crippen molar-refractivity contribution in [3.63, 3.8) is 0 Å². The quantitative estimate of drug-likeness (QED) is 0.612. The largest absolute Gasteiger partial charge is 0.493 e. The van der Waals surface area contributed by atoms with Crippen LogP contribution in [0.2, 0.25) is 0 Å². The molecular weight excluding hydrogens is 300 g/mol. The predicted octanol–water partition coefficient (Wildman–Crippen LogP) is 0.626. The molecule has 2 rings (SSSR count). The number of hydrogen-bond acceptors (Lipinski definition) is 6. The summed E-state index contributed by atoms with van der Waals surface area (Å²) in [5.74, 6) is 1.19. The van der Waals surface area contributed by atoms with Crippen LogP contribution in [0.25, 0.3) is 0 Å². The van der Waals surface area contributed by atoms with Gasteiger partial charge in [-0.2, -0.15) is 0 Å². The molecule has 1 aliphatic rings. The van der Waals surface area contributed by atoms with E-state index >= 15 is 0 Å². The maximum atomic E-state index is 10.1. The highest BCUT2D eigenvalue weighted by molar-refractivity contribution is 5.29. The molecule has 1 fully saturated rings. The Morgan fingerprint density at radius 3 is 2.30 bits per heavy atom. The molecule has 1 saturated heterocycles. The lowest BCUT2D eigenvalue weighted by Crippen LogP contribution is -2.55. The second-order valence-electron chi connectivity index (χ2n) is 6.14. The lowest BCUT2D eigenvalue weighted by atomic mass is 9.91. The molecule has 23 heavy (non-hydrogen) atoms. The molecule has 0 bridgehead atoms. The fourth-order valence-electron chi connectivity index (χ4n) is 2.49. The summed E-state index contributed by atoms with van der Waals surface area (Å²) in [6.07, 6.45) is -4.65. The Labute approximate surface area is 136 Å². The van der Waals surface area contributed by atoms with Crippen molar-refractivity contribution in [1.82, 2.24) is 0 Å². The summed E-state index contributed by atoms with van der Waals surface area (Å²) in [6, 6.07) is 7.05. The van der Waals surface area contributed by atoms with Gasteiger partial charge in [-0.15, -0.1) is 0 Å². The number of aliphatic hydroxyl groups is 4. The number of benzene rings is 1. The zero-order valence-electron chi connectivity index (χ0n) is 13.5. The number of hydrogen-bond donors (Lipinski definition) is 4. The van der Waals surface area contributed by atoms with Crippen LogP contribution < -0.4 is 4.74 Å². The average Bonchev–Trinajstić information content (AvgIpc) is 2.58. The molecule has 0 amide bonds. The summed E-state index contributed by atoms with van der Waals surface area (Å²) in [6.45, 7) is 4.42. The minimum Gasteiger partial charge on any atom is -0.493 e. The first-order chi connectivity index (χ1) is 11.0. The predicted molar refractivity (Wildman–Crippen MR) is 84.1 cm³/mol. The Bertz CT molecular complexity index is 474. The van der Waals surface area contributed by atoms with Gasteiger partial charge in [0.15, 0.2) is 0 Å². The number of rotatable bonds is 6. The molecule has 6 nitrogen and oxygen atoms in total. The van der Waals surface area contributed by atoms with Crippen LogP contribution in [-0.4, -0.2) is 58.1 Å². The number of ether oxygens (including phenoxy) is 2. The van der Waals surface area contributed by atoms with Crippen LogP contribution in [-0.2, 0) is 4.74 Å². The lowest BCUT2D eigenvalue weighted by molar-refractivity contribution is -0.231. The first-order valence-corrected chi connectivity index (χ1v) is 8.01. The molecule has 0 aliphatic carbocycles. The van der Waals surface area contributed by atoms with Crippen molar-refractivity contribution in [1.29, 1.82) is 0 Å². The third-order valence-corrected chi connectivity index (χ3v) is 4.33. The van der Waals surface area contributed by atoms with Gasteiger partial charge in [-0.05, 0) is 23.6 Å². The molecular formula is C17H26O6. The van der Waals surface area contributed by atoms with Gasteiger partial charge in [0.2, 0.25) is 0 Å². The van der Waals surface area contributed by atoms with Gasteiger partial charge in [-0.1, -0.05) is 32.4 Å². The zero-order valence-corrected chi connectivity index (χ0v) is 13.5. The Morgan fingerprint density at radius 2 is 1.74 bits per heavy atom. The van der Waals surface area contributed by atoms with Gasteiger partial charge in [0, 0.05) is 0 Å². The normalized spacial score (nSPS) is 32.5. The highest BCUT2D eigenvalue weighted by Crippen LogP contribution is 2.33. The van der Waals surface area contributed by atoms with Crippen LogP contribution in [0.1, 0.15) is 31.9 Å². The summed E-state index contributed by atoms with van der Waals surface area (Å²) >= 11 is 0. The van der Waals surface area contributed by atoms with Crippen LogP contribution in [0, 0.1) is 5.92 Å². The topological polar surface area (TPSA) is 99.4 Å². The molecule has 6 atom stereocenters. The van der Waals surface area contributed by atoms with Crippen molar-refractivity contribution in [3.05, 3.63) is 29.8 Å². The third-order valence-electron chi connectivity index (χ3n) is 4.33. The van der Waals surface area contributed by atoms with Gasteiger partial charge in [0.1, 0.15) is 36.3 Å². The van der Waals surface area contributed by atoms with E-state index in [-0.39, 0.29) is 0 Å². The van der Waals surface area contributed by atoms with E-state index in [9.17, 15) is 20.4 Å². The standard InChI is InChI=1S/C17H26O6/c1-3-10(2)9-22-12-6-4-11(5-7-12)17-16(21)15(20)14(19)13(8-18)23-17/h4-7,10,13-21H,3,8-9H2,1-2H3. The Hall–Kier alpha value is -1.18. The van der Waals surface area contributed by atoms with E-state index in [0.29, 0.717) is 18.1 Å². The van der Waals surface area contributed by atoms with E-state index < -0.39 is 37.1 Å². The van der Waals surface area contributed by atoms with E-state index in [1.54, 1.807) is 24.3 Å². The van der Waals surface area contributed by atoms with E-state index in [1.165, 1.54) is 0 Å². The molecule has 1 aromatic carbocycles. The molecule has 1 aromatic rings. The molecule has 0 radical (unpaired) electrons. The van der Waals surface area contributed by atoms with Crippen LogP contribution >= 0.6 is 0 Å². The first kappa shape index (κ1) is 18.2. The van der Waals surface area contributed by atoms with Crippen molar-refractivity contribution >= 4 is 0 Å². The molecule has 0 saturated carbocycles. The van der Waals surface area contributed by atoms with Crippen molar-refractivity contribution in [3.8, 4) is 5.75 Å². The van der Waals surface area contributed by atoms with Crippen LogP contribution in [0.3, 0.4) is 0 Å². The molecule has 130 valence electrons. The third kappa shape index (κ3) is 4.22. The summed E-state index contributed by atoms with van der Waals surface area (Å²) in [5.41, 5.74) is 0.651. The molecule has 0 spiro atoms. The van der Waals surface area contributed by atoms with Gasteiger partial charge in [-0.25, -0.2) is 0 Å². The summed E-state index contributed by atoms with van der Waals surface area (Å²) < 4.78 is 11.2. The Morgan fingerprint density at radius 1 is 1.09 bits per heavy atom. The van der Waals surface area contributed by atoms with Crippen LogP contribution in [0.5, 0.6) is 5.75 Å². The SMILES string of the molecule is CCC(C)COc1ccc(C2OC(CO)C(O)C(O)C2O)cc1. The first-order valence-electron chi connectivity index (χ1n) is 8.01. The minimum absolute atomic E-state index is 0.433. The molecule has 0 aromatic heterocycles. The smallest absolute Gasteiger partial charge is 0.119 e. The molecule has 6 heteroatoms. The van der Waals surface area contributed by atoms with Crippen molar-refractivity contribution < 1.29 is 29.9 Å². The zero-order chi connectivity index (χ0) is 17.0. The molecule has 4 N–H and O–H groups in total. The van der Waals surface area contributed by atoms with Gasteiger partial charge in [0.25, 0.3) is 0 Å². The molecule has 1 heterocycles. The van der Waals surface area contributed by atoms with Crippen molar-refractivity contribution in [2.75, 3.05) is 13.2 Å².